The molecule has 0 atom stereocenters. The normalized spacial score (nSPS) is 10.2. The number of ether oxygens (including phenoxy) is 2. The van der Waals surface area contributed by atoms with Crippen LogP contribution in [0.5, 0.6) is 11.5 Å². The molecule has 5 nitrogen and oxygen atoms in total. The van der Waals surface area contributed by atoms with E-state index >= 15 is 0 Å². The molecule has 2 N–H and O–H groups in total. The van der Waals surface area contributed by atoms with E-state index in [9.17, 15) is 9.18 Å². The quantitative estimate of drug-likeness (QED) is 0.530. The van der Waals surface area contributed by atoms with E-state index < -0.39 is 11.7 Å². The van der Waals surface area contributed by atoms with E-state index in [1.165, 1.54) is 24.3 Å². The molecule has 2 rings (SSSR count). The van der Waals surface area contributed by atoms with Gasteiger partial charge in [0.15, 0.2) is 16.6 Å². The van der Waals surface area contributed by atoms with E-state index in [-0.39, 0.29) is 5.11 Å². The summed E-state index contributed by atoms with van der Waals surface area (Å²) in [5.74, 6) is 0.543. The molecule has 27 heavy (non-hydrogen) atoms. The van der Waals surface area contributed by atoms with Crippen LogP contribution in [0.25, 0.3) is 0 Å². The van der Waals surface area contributed by atoms with Gasteiger partial charge in [-0.2, -0.15) is 0 Å². The monoisotopic (exact) mass is 390 g/mol. The zero-order chi connectivity index (χ0) is 19.6. The number of thiocarbonyl (C=S) groups is 1. The molecule has 0 unspecified atom stereocenters. The second-order valence-electron chi connectivity index (χ2n) is 5.83. The van der Waals surface area contributed by atoms with Crippen molar-refractivity contribution in [1.29, 1.82) is 0 Å². The number of carbonyl (C=O) groups excluding carboxylic acids is 1. The van der Waals surface area contributed by atoms with E-state index in [1.807, 2.05) is 18.2 Å². The van der Waals surface area contributed by atoms with Gasteiger partial charge in [0.05, 0.1) is 13.7 Å². The van der Waals surface area contributed by atoms with Crippen LogP contribution in [-0.4, -0.2) is 24.7 Å². The minimum Gasteiger partial charge on any atom is -0.493 e. The van der Waals surface area contributed by atoms with E-state index in [4.69, 9.17) is 21.7 Å². The van der Waals surface area contributed by atoms with Crippen molar-refractivity contribution in [1.82, 2.24) is 10.6 Å². The molecule has 2 aromatic carbocycles. The van der Waals surface area contributed by atoms with Crippen LogP contribution < -0.4 is 20.1 Å². The maximum atomic E-state index is 12.9. The van der Waals surface area contributed by atoms with Gasteiger partial charge in [0.2, 0.25) is 0 Å². The van der Waals surface area contributed by atoms with Gasteiger partial charge in [0.1, 0.15) is 5.82 Å². The summed E-state index contributed by atoms with van der Waals surface area (Å²) in [7, 11) is 1.59. The van der Waals surface area contributed by atoms with Crippen LogP contribution in [0.2, 0.25) is 0 Å². The Morgan fingerprint density at radius 3 is 2.56 bits per heavy atom. The Labute approximate surface area is 163 Å². The largest absolute Gasteiger partial charge is 0.493 e. The Morgan fingerprint density at radius 1 is 1.15 bits per heavy atom. The summed E-state index contributed by atoms with van der Waals surface area (Å²) in [6.45, 7) is 3.16. The summed E-state index contributed by atoms with van der Waals surface area (Å²) in [4.78, 5) is 12.1. The predicted octanol–water partition coefficient (Wildman–Crippen LogP) is 3.82. The van der Waals surface area contributed by atoms with Crippen molar-refractivity contribution in [3.05, 3.63) is 59.4 Å². The Hall–Kier alpha value is -2.67. The molecule has 0 saturated heterocycles. The number of halogens is 1. The molecule has 7 heteroatoms. The van der Waals surface area contributed by atoms with Gasteiger partial charge in [-0.3, -0.25) is 10.1 Å². The highest BCUT2D eigenvalue weighted by Crippen LogP contribution is 2.28. The fourth-order valence-corrected chi connectivity index (χ4v) is 2.44. The minimum atomic E-state index is -0.400. The molecule has 0 spiro atoms. The molecule has 0 radical (unpaired) electrons. The van der Waals surface area contributed by atoms with Crippen LogP contribution in [0.1, 0.15) is 35.7 Å². The Bertz CT molecular complexity index is 781. The lowest BCUT2D eigenvalue weighted by Crippen LogP contribution is -2.38. The van der Waals surface area contributed by atoms with E-state index in [1.54, 1.807) is 7.11 Å². The third kappa shape index (κ3) is 6.53. The molecule has 1 amide bonds. The number of benzene rings is 2. The van der Waals surface area contributed by atoms with Crippen LogP contribution >= 0.6 is 12.2 Å². The first-order valence-electron chi connectivity index (χ1n) is 8.68. The summed E-state index contributed by atoms with van der Waals surface area (Å²) in [6, 6.07) is 10.9. The van der Waals surface area contributed by atoms with Crippen LogP contribution in [0, 0.1) is 5.82 Å². The zero-order valence-electron chi connectivity index (χ0n) is 15.4. The molecule has 144 valence electrons. The van der Waals surface area contributed by atoms with Crippen molar-refractivity contribution >= 4 is 23.2 Å². The van der Waals surface area contributed by atoms with Crippen molar-refractivity contribution in [2.45, 2.75) is 26.3 Å². The maximum Gasteiger partial charge on any atom is 0.257 e. The lowest BCUT2D eigenvalue weighted by atomic mass is 10.2. The first-order valence-corrected chi connectivity index (χ1v) is 9.08. The smallest absolute Gasteiger partial charge is 0.257 e. The Balaban J connectivity index is 1.88. The first-order chi connectivity index (χ1) is 13.0. The van der Waals surface area contributed by atoms with Crippen LogP contribution in [0.3, 0.4) is 0 Å². The lowest BCUT2D eigenvalue weighted by Gasteiger charge is -2.13. The molecular weight excluding hydrogens is 367 g/mol. The van der Waals surface area contributed by atoms with Gasteiger partial charge in [-0.05, 0) is 60.6 Å². The minimum absolute atomic E-state index is 0.187. The second kappa shape index (κ2) is 10.5. The maximum absolute atomic E-state index is 12.9. The molecule has 0 fully saturated rings. The number of rotatable bonds is 8. The van der Waals surface area contributed by atoms with Gasteiger partial charge in [-0.1, -0.05) is 19.4 Å². The number of hydrogen-bond donors (Lipinski definition) is 2. The predicted molar refractivity (Wildman–Crippen MR) is 107 cm³/mol. The summed E-state index contributed by atoms with van der Waals surface area (Å²) < 4.78 is 24.0. The fourth-order valence-electron chi connectivity index (χ4n) is 2.27. The highest BCUT2D eigenvalue weighted by atomic mass is 32.1. The summed E-state index contributed by atoms with van der Waals surface area (Å²) in [5.41, 5.74) is 1.25. The van der Waals surface area contributed by atoms with Gasteiger partial charge < -0.3 is 14.8 Å². The van der Waals surface area contributed by atoms with Crippen molar-refractivity contribution in [3.63, 3.8) is 0 Å². The molecule has 0 saturated carbocycles. The fraction of sp³-hybridized carbons (Fsp3) is 0.300. The van der Waals surface area contributed by atoms with Gasteiger partial charge in [0.25, 0.3) is 5.91 Å². The van der Waals surface area contributed by atoms with E-state index in [0.717, 1.165) is 18.4 Å². The van der Waals surface area contributed by atoms with E-state index in [0.29, 0.717) is 30.2 Å². The number of hydrogen-bond acceptors (Lipinski definition) is 4. The van der Waals surface area contributed by atoms with Crippen LogP contribution in [-0.2, 0) is 6.54 Å². The van der Waals surface area contributed by atoms with Crippen molar-refractivity contribution in [3.8, 4) is 11.5 Å². The lowest BCUT2D eigenvalue weighted by molar-refractivity contribution is 0.0976. The molecule has 0 heterocycles. The molecule has 0 bridgehead atoms. The topological polar surface area (TPSA) is 59.6 Å². The molecule has 0 aliphatic rings. The average molecular weight is 390 g/mol. The number of carbonyl (C=O) groups is 1. The standard InChI is InChI=1S/C20H23FN2O3S/c1-3-4-11-26-17-10-5-14(12-18(17)25-2)13-22-20(27)23-19(24)15-6-8-16(21)9-7-15/h5-10,12H,3-4,11,13H2,1-2H3,(H2,22,23,24,27). The van der Waals surface area contributed by atoms with Gasteiger partial charge >= 0.3 is 0 Å². The van der Waals surface area contributed by atoms with Gasteiger partial charge in [-0.25, -0.2) is 4.39 Å². The molecule has 0 aliphatic carbocycles. The second-order valence-corrected chi connectivity index (χ2v) is 6.24. The zero-order valence-corrected chi connectivity index (χ0v) is 16.2. The number of unbranched alkanes of at least 4 members (excludes halogenated alkanes) is 1. The number of amides is 1. The van der Waals surface area contributed by atoms with Crippen molar-refractivity contribution in [2.75, 3.05) is 13.7 Å². The van der Waals surface area contributed by atoms with Gasteiger partial charge in [-0.15, -0.1) is 0 Å². The third-order valence-electron chi connectivity index (χ3n) is 3.77. The first kappa shape index (κ1) is 20.6. The van der Waals surface area contributed by atoms with E-state index in [2.05, 4.69) is 17.6 Å². The Kier molecular flexibility index (Phi) is 8.00. The highest BCUT2D eigenvalue weighted by molar-refractivity contribution is 7.80. The SMILES string of the molecule is CCCCOc1ccc(CNC(=S)NC(=O)c2ccc(F)cc2)cc1OC. The summed E-state index contributed by atoms with van der Waals surface area (Å²) >= 11 is 5.14. The van der Waals surface area contributed by atoms with Gasteiger partial charge in [0, 0.05) is 12.1 Å². The average Bonchev–Trinajstić information content (AvgIpc) is 2.67. The third-order valence-corrected chi connectivity index (χ3v) is 4.02. The molecule has 0 aliphatic heterocycles. The Morgan fingerprint density at radius 2 is 1.89 bits per heavy atom. The number of methoxy groups -OCH3 is 1. The highest BCUT2D eigenvalue weighted by Gasteiger charge is 2.09. The molecular formula is C20H23FN2O3S. The van der Waals surface area contributed by atoms with Crippen molar-refractivity contribution < 1.29 is 18.7 Å². The van der Waals surface area contributed by atoms with Crippen LogP contribution in [0.4, 0.5) is 4.39 Å². The van der Waals surface area contributed by atoms with Crippen molar-refractivity contribution in [2.24, 2.45) is 0 Å². The summed E-state index contributed by atoms with van der Waals surface area (Å²) in [6.07, 6.45) is 2.04. The number of nitrogens with one attached hydrogen (secondary N) is 2. The van der Waals surface area contributed by atoms with Crippen LogP contribution in [0.15, 0.2) is 42.5 Å². The molecule has 0 aromatic heterocycles. The molecule has 2 aromatic rings. The summed E-state index contributed by atoms with van der Waals surface area (Å²) in [5, 5.41) is 5.71.